The first-order valence-electron chi connectivity index (χ1n) is 14.4. The van der Waals surface area contributed by atoms with Gasteiger partial charge in [-0.2, -0.15) is 0 Å². The van der Waals surface area contributed by atoms with Crippen molar-refractivity contribution < 1.29 is 14.3 Å². The third-order valence-electron chi connectivity index (χ3n) is 7.10. The molecule has 1 heterocycles. The Kier molecular flexibility index (Phi) is 10.5. The number of unbranched alkanes of at least 4 members (excludes halogenated alkanes) is 2. The zero-order valence-electron chi connectivity index (χ0n) is 24.0. The van der Waals surface area contributed by atoms with Gasteiger partial charge in [-0.3, -0.25) is 14.5 Å². The number of nitrogens with zero attached hydrogens (tertiary/aromatic N) is 2. The summed E-state index contributed by atoms with van der Waals surface area (Å²) in [6.45, 7) is 10.5. The zero-order chi connectivity index (χ0) is 28.3. The molecule has 0 spiro atoms. The van der Waals surface area contributed by atoms with E-state index in [1.54, 1.807) is 23.1 Å². The van der Waals surface area contributed by atoms with Crippen LogP contribution in [0.2, 0.25) is 0 Å². The van der Waals surface area contributed by atoms with Gasteiger partial charge in [0.25, 0.3) is 11.8 Å². The molecule has 40 heavy (non-hydrogen) atoms. The normalized spacial score (nSPS) is 13.8. The molecule has 0 radical (unpaired) electrons. The summed E-state index contributed by atoms with van der Waals surface area (Å²) >= 11 is 0. The average Bonchev–Trinajstić information content (AvgIpc) is 2.96. The fraction of sp³-hybridized carbons (Fsp3) is 0.353. The molecule has 0 bridgehead atoms. The van der Waals surface area contributed by atoms with E-state index in [2.05, 4.69) is 30.1 Å². The number of rotatable bonds is 13. The predicted molar refractivity (Wildman–Crippen MR) is 162 cm³/mol. The minimum Gasteiger partial charge on any atom is -0.449 e. The molecule has 0 atom stereocenters. The Hall–Kier alpha value is -3.90. The summed E-state index contributed by atoms with van der Waals surface area (Å²) in [6.07, 6.45) is 6.44. The SMILES string of the molecule is CCCCN(CCCC)CCNC(=O)c1ccc(C=C2Oc3ccccc3N(Cc3cccc(C)c3)C2=O)cc1. The number of anilines is 1. The minimum absolute atomic E-state index is 0.0895. The minimum atomic E-state index is -0.197. The predicted octanol–water partition coefficient (Wildman–Crippen LogP) is 6.59. The van der Waals surface area contributed by atoms with Crippen molar-refractivity contribution in [3.8, 4) is 5.75 Å². The monoisotopic (exact) mass is 539 g/mol. The highest BCUT2D eigenvalue weighted by Gasteiger charge is 2.30. The maximum atomic E-state index is 13.5. The Bertz CT molecular complexity index is 1310. The molecular formula is C34H41N3O3. The van der Waals surface area contributed by atoms with E-state index in [4.69, 9.17) is 4.74 Å². The fourth-order valence-corrected chi connectivity index (χ4v) is 4.82. The van der Waals surface area contributed by atoms with E-state index >= 15 is 0 Å². The van der Waals surface area contributed by atoms with E-state index < -0.39 is 0 Å². The van der Waals surface area contributed by atoms with Gasteiger partial charge in [0.1, 0.15) is 0 Å². The van der Waals surface area contributed by atoms with Gasteiger partial charge < -0.3 is 15.0 Å². The van der Waals surface area contributed by atoms with Crippen LogP contribution < -0.4 is 15.0 Å². The molecule has 4 rings (SSSR count). The molecule has 0 unspecified atom stereocenters. The summed E-state index contributed by atoms with van der Waals surface area (Å²) in [7, 11) is 0. The number of nitrogens with one attached hydrogen (secondary N) is 1. The lowest BCUT2D eigenvalue weighted by atomic mass is 10.1. The van der Waals surface area contributed by atoms with Gasteiger partial charge in [0, 0.05) is 18.7 Å². The maximum Gasteiger partial charge on any atom is 0.294 e. The van der Waals surface area contributed by atoms with Crippen LogP contribution in [0.1, 0.15) is 66.6 Å². The van der Waals surface area contributed by atoms with E-state index in [0.717, 1.165) is 42.0 Å². The van der Waals surface area contributed by atoms with Gasteiger partial charge in [-0.05, 0) is 74.3 Å². The maximum absolute atomic E-state index is 13.5. The van der Waals surface area contributed by atoms with E-state index in [1.165, 1.54) is 25.7 Å². The lowest BCUT2D eigenvalue weighted by Crippen LogP contribution is -2.36. The number of hydrogen-bond donors (Lipinski definition) is 1. The molecular weight excluding hydrogens is 498 g/mol. The number of ether oxygens (including phenoxy) is 1. The molecule has 0 fully saturated rings. The molecule has 0 saturated carbocycles. The molecule has 0 saturated heterocycles. The van der Waals surface area contributed by atoms with Crippen molar-refractivity contribution in [2.45, 2.75) is 53.0 Å². The van der Waals surface area contributed by atoms with Crippen LogP contribution in [-0.2, 0) is 11.3 Å². The van der Waals surface area contributed by atoms with Crippen molar-refractivity contribution in [2.24, 2.45) is 0 Å². The highest BCUT2D eigenvalue weighted by atomic mass is 16.5. The molecule has 3 aromatic rings. The number of carbonyl (C=O) groups excluding carboxylic acids is 2. The molecule has 2 amide bonds. The average molecular weight is 540 g/mol. The number of fused-ring (bicyclic) bond motifs is 1. The van der Waals surface area contributed by atoms with Crippen LogP contribution in [0.3, 0.4) is 0 Å². The molecule has 1 aliphatic heterocycles. The standard InChI is InChI=1S/C34H41N3O3/c1-4-6-20-36(21-7-5-2)22-19-35-33(38)29-17-15-27(16-18-29)24-32-34(39)37(25-28-12-10-11-26(3)23-28)30-13-8-9-14-31(30)40-32/h8-18,23-24H,4-7,19-22,25H2,1-3H3,(H,35,38). The number of carbonyl (C=O) groups is 2. The number of aryl methyl sites for hydroxylation is 1. The number of para-hydroxylation sites is 2. The topological polar surface area (TPSA) is 61.9 Å². The molecule has 0 aliphatic carbocycles. The van der Waals surface area contributed by atoms with Crippen LogP contribution in [0.25, 0.3) is 6.08 Å². The first kappa shape index (κ1) is 29.1. The van der Waals surface area contributed by atoms with Crippen LogP contribution in [0.5, 0.6) is 5.75 Å². The van der Waals surface area contributed by atoms with Crippen LogP contribution in [0.15, 0.2) is 78.6 Å². The first-order chi connectivity index (χ1) is 19.5. The Labute approximate surface area is 238 Å². The van der Waals surface area contributed by atoms with Crippen LogP contribution in [-0.4, -0.2) is 42.9 Å². The lowest BCUT2D eigenvalue weighted by molar-refractivity contribution is -0.117. The zero-order valence-corrected chi connectivity index (χ0v) is 24.0. The quantitative estimate of drug-likeness (QED) is 0.249. The van der Waals surface area contributed by atoms with Crippen LogP contribution in [0, 0.1) is 6.92 Å². The van der Waals surface area contributed by atoms with Crippen molar-refractivity contribution in [2.75, 3.05) is 31.1 Å². The van der Waals surface area contributed by atoms with Crippen molar-refractivity contribution in [3.05, 3.63) is 101 Å². The summed E-state index contributed by atoms with van der Waals surface area (Å²) in [6, 6.07) is 23.0. The Morgan fingerprint density at radius 1 is 0.925 bits per heavy atom. The van der Waals surface area contributed by atoms with Gasteiger partial charge >= 0.3 is 0 Å². The Morgan fingerprint density at radius 3 is 2.35 bits per heavy atom. The van der Waals surface area contributed by atoms with Crippen LogP contribution in [0.4, 0.5) is 5.69 Å². The number of hydrogen-bond acceptors (Lipinski definition) is 4. The second kappa shape index (κ2) is 14.5. The van der Waals surface area contributed by atoms with Gasteiger partial charge in [-0.1, -0.05) is 80.8 Å². The molecule has 6 nitrogen and oxygen atoms in total. The molecule has 210 valence electrons. The summed E-state index contributed by atoms with van der Waals surface area (Å²) in [5, 5.41) is 3.05. The largest absolute Gasteiger partial charge is 0.449 e. The third kappa shape index (κ3) is 7.82. The Morgan fingerprint density at radius 2 is 1.65 bits per heavy atom. The Balaban J connectivity index is 1.42. The molecule has 1 N–H and O–H groups in total. The second-order valence-corrected chi connectivity index (χ2v) is 10.4. The molecule has 6 heteroatoms. The summed E-state index contributed by atoms with van der Waals surface area (Å²) in [5.41, 5.74) is 4.34. The molecule has 3 aromatic carbocycles. The number of benzene rings is 3. The highest BCUT2D eigenvalue weighted by Crippen LogP contribution is 2.36. The summed E-state index contributed by atoms with van der Waals surface area (Å²) in [5.74, 6) is 0.609. The van der Waals surface area contributed by atoms with Crippen molar-refractivity contribution in [1.29, 1.82) is 0 Å². The molecule has 0 aromatic heterocycles. The van der Waals surface area contributed by atoms with Crippen LogP contribution >= 0.6 is 0 Å². The van der Waals surface area contributed by atoms with Crippen molar-refractivity contribution in [1.82, 2.24) is 10.2 Å². The van der Waals surface area contributed by atoms with Gasteiger partial charge in [0.15, 0.2) is 11.5 Å². The fourth-order valence-electron chi connectivity index (χ4n) is 4.82. The third-order valence-corrected chi connectivity index (χ3v) is 7.10. The van der Waals surface area contributed by atoms with E-state index in [1.807, 2.05) is 61.5 Å². The van der Waals surface area contributed by atoms with E-state index in [9.17, 15) is 9.59 Å². The van der Waals surface area contributed by atoms with E-state index in [0.29, 0.717) is 24.4 Å². The van der Waals surface area contributed by atoms with Crippen molar-refractivity contribution >= 4 is 23.6 Å². The van der Waals surface area contributed by atoms with Gasteiger partial charge in [0.2, 0.25) is 0 Å². The van der Waals surface area contributed by atoms with Crippen molar-refractivity contribution in [3.63, 3.8) is 0 Å². The first-order valence-corrected chi connectivity index (χ1v) is 14.4. The smallest absolute Gasteiger partial charge is 0.294 e. The second-order valence-electron chi connectivity index (χ2n) is 10.4. The van der Waals surface area contributed by atoms with Gasteiger partial charge in [-0.25, -0.2) is 0 Å². The number of amides is 2. The van der Waals surface area contributed by atoms with E-state index in [-0.39, 0.29) is 17.6 Å². The summed E-state index contributed by atoms with van der Waals surface area (Å²) in [4.78, 5) is 30.5. The van der Waals surface area contributed by atoms with Gasteiger partial charge in [0.05, 0.1) is 12.2 Å². The summed E-state index contributed by atoms with van der Waals surface area (Å²) < 4.78 is 6.03. The highest BCUT2D eigenvalue weighted by molar-refractivity contribution is 6.09. The van der Waals surface area contributed by atoms with Gasteiger partial charge in [-0.15, -0.1) is 0 Å². The molecule has 1 aliphatic rings. The lowest BCUT2D eigenvalue weighted by Gasteiger charge is -2.30.